The van der Waals surface area contributed by atoms with Crippen LogP contribution < -0.4 is 4.74 Å². The van der Waals surface area contributed by atoms with Gasteiger partial charge in [0.2, 0.25) is 5.89 Å². The van der Waals surface area contributed by atoms with Gasteiger partial charge in [-0.2, -0.15) is 0 Å². The highest BCUT2D eigenvalue weighted by molar-refractivity contribution is 7.98. The van der Waals surface area contributed by atoms with Crippen molar-refractivity contribution in [2.24, 2.45) is 0 Å². The Morgan fingerprint density at radius 3 is 2.70 bits per heavy atom. The normalized spacial score (nSPS) is 10.9. The maximum Gasteiger partial charge on any atom is 0.277 e. The van der Waals surface area contributed by atoms with Gasteiger partial charge < -0.3 is 9.15 Å². The first-order valence-corrected chi connectivity index (χ1v) is 10.3. The molecule has 0 saturated carbocycles. The Morgan fingerprint density at radius 1 is 1.11 bits per heavy atom. The number of aromatic nitrogens is 3. The fourth-order valence-electron chi connectivity index (χ4n) is 2.39. The Morgan fingerprint density at radius 2 is 1.93 bits per heavy atom. The summed E-state index contributed by atoms with van der Waals surface area (Å²) in [6.45, 7) is 0. The number of methoxy groups -OCH3 is 1. The van der Waals surface area contributed by atoms with E-state index in [4.69, 9.17) is 20.8 Å². The second kappa shape index (κ2) is 8.12. The van der Waals surface area contributed by atoms with Crippen molar-refractivity contribution in [3.63, 3.8) is 0 Å². The Kier molecular flexibility index (Phi) is 5.42. The Labute approximate surface area is 169 Å². The van der Waals surface area contributed by atoms with E-state index in [1.54, 1.807) is 18.4 Å². The van der Waals surface area contributed by atoms with Crippen molar-refractivity contribution in [3.8, 4) is 27.8 Å². The number of nitrogens with zero attached hydrogens (tertiary/aromatic N) is 3. The van der Waals surface area contributed by atoms with Crippen LogP contribution in [0, 0.1) is 0 Å². The lowest BCUT2D eigenvalue weighted by Gasteiger charge is -1.99. The minimum absolute atomic E-state index is 0.482. The molecule has 2 aromatic carbocycles. The third-order valence-electron chi connectivity index (χ3n) is 3.74. The van der Waals surface area contributed by atoms with Crippen LogP contribution in [0.1, 0.15) is 5.69 Å². The summed E-state index contributed by atoms with van der Waals surface area (Å²) in [5.41, 5.74) is 2.74. The van der Waals surface area contributed by atoms with Gasteiger partial charge in [-0.15, -0.1) is 21.5 Å². The zero-order valence-electron chi connectivity index (χ0n) is 14.3. The molecule has 0 radical (unpaired) electrons. The van der Waals surface area contributed by atoms with Crippen molar-refractivity contribution in [2.45, 2.75) is 11.0 Å². The van der Waals surface area contributed by atoms with Crippen LogP contribution in [0.4, 0.5) is 0 Å². The predicted octanol–water partition coefficient (Wildman–Crippen LogP) is 5.81. The average molecular weight is 416 g/mol. The summed E-state index contributed by atoms with van der Waals surface area (Å²) >= 11 is 9.27. The first-order valence-electron chi connectivity index (χ1n) is 8.03. The molecule has 0 N–H and O–H groups in total. The number of hydrogen-bond donors (Lipinski definition) is 0. The monoisotopic (exact) mass is 415 g/mol. The van der Waals surface area contributed by atoms with E-state index in [1.165, 1.54) is 11.8 Å². The summed E-state index contributed by atoms with van der Waals surface area (Å²) in [6, 6.07) is 15.2. The van der Waals surface area contributed by atoms with E-state index in [2.05, 4.69) is 15.2 Å². The molecule has 27 heavy (non-hydrogen) atoms. The summed E-state index contributed by atoms with van der Waals surface area (Å²) < 4.78 is 10.9. The van der Waals surface area contributed by atoms with Crippen molar-refractivity contribution in [1.29, 1.82) is 0 Å². The van der Waals surface area contributed by atoms with Crippen molar-refractivity contribution >= 4 is 34.7 Å². The van der Waals surface area contributed by atoms with Gasteiger partial charge in [0.1, 0.15) is 10.8 Å². The van der Waals surface area contributed by atoms with Gasteiger partial charge in [0.05, 0.1) is 17.8 Å². The van der Waals surface area contributed by atoms with Crippen LogP contribution in [0.3, 0.4) is 0 Å². The third-order valence-corrected chi connectivity index (χ3v) is 5.85. The standard InChI is InChI=1S/C19H14ClN3O2S2/c1-24-14-8-6-12(7-9-14)17-22-23-19(25-17)27-11-13-10-26-18(21-13)15-4-2-3-5-16(15)20/h2-10H,11H2,1H3. The molecule has 0 atom stereocenters. The van der Waals surface area contributed by atoms with Crippen molar-refractivity contribution in [3.05, 3.63) is 64.6 Å². The van der Waals surface area contributed by atoms with E-state index < -0.39 is 0 Å². The molecule has 4 aromatic rings. The van der Waals surface area contributed by atoms with Gasteiger partial charge in [-0.05, 0) is 30.3 Å². The molecule has 0 unspecified atom stereocenters. The number of ether oxygens (including phenoxy) is 1. The Bertz CT molecular complexity index is 1050. The number of rotatable bonds is 6. The van der Waals surface area contributed by atoms with Crippen molar-refractivity contribution in [2.75, 3.05) is 7.11 Å². The molecule has 0 bridgehead atoms. The van der Waals surface area contributed by atoms with Crippen LogP contribution in [0.25, 0.3) is 22.0 Å². The highest BCUT2D eigenvalue weighted by atomic mass is 35.5. The van der Waals surface area contributed by atoms with Crippen LogP contribution >= 0.6 is 34.7 Å². The van der Waals surface area contributed by atoms with E-state index in [0.29, 0.717) is 21.9 Å². The number of thioether (sulfide) groups is 1. The molecule has 136 valence electrons. The molecular weight excluding hydrogens is 402 g/mol. The second-order valence-electron chi connectivity index (χ2n) is 5.51. The van der Waals surface area contributed by atoms with Gasteiger partial charge >= 0.3 is 0 Å². The molecule has 0 amide bonds. The van der Waals surface area contributed by atoms with Gasteiger partial charge in [0.15, 0.2) is 0 Å². The molecule has 0 aliphatic carbocycles. The Balaban J connectivity index is 1.42. The minimum Gasteiger partial charge on any atom is -0.497 e. The van der Waals surface area contributed by atoms with E-state index in [1.807, 2.05) is 53.9 Å². The SMILES string of the molecule is COc1ccc(-c2nnc(SCc3csc(-c4ccccc4Cl)n3)o2)cc1. The summed E-state index contributed by atoms with van der Waals surface area (Å²) in [5.74, 6) is 1.91. The van der Waals surface area contributed by atoms with Crippen molar-refractivity contribution < 1.29 is 9.15 Å². The van der Waals surface area contributed by atoms with E-state index in [9.17, 15) is 0 Å². The van der Waals surface area contributed by atoms with Gasteiger partial charge in [0, 0.05) is 22.3 Å². The molecule has 0 saturated heterocycles. The van der Waals surface area contributed by atoms with Gasteiger partial charge in [0.25, 0.3) is 5.22 Å². The van der Waals surface area contributed by atoms with E-state index in [-0.39, 0.29) is 0 Å². The zero-order valence-corrected chi connectivity index (χ0v) is 16.6. The van der Waals surface area contributed by atoms with E-state index in [0.717, 1.165) is 27.6 Å². The highest BCUT2D eigenvalue weighted by Crippen LogP contribution is 2.32. The van der Waals surface area contributed by atoms with Gasteiger partial charge in [-0.1, -0.05) is 41.6 Å². The Hall–Kier alpha value is -2.35. The minimum atomic E-state index is 0.482. The molecule has 0 spiro atoms. The topological polar surface area (TPSA) is 61.0 Å². The lowest BCUT2D eigenvalue weighted by molar-refractivity contribution is 0.414. The smallest absolute Gasteiger partial charge is 0.277 e. The quantitative estimate of drug-likeness (QED) is 0.370. The summed E-state index contributed by atoms with van der Waals surface area (Å²) in [7, 11) is 1.63. The molecule has 2 heterocycles. The lowest BCUT2D eigenvalue weighted by Crippen LogP contribution is -1.83. The zero-order chi connectivity index (χ0) is 18.6. The van der Waals surface area contributed by atoms with Crippen molar-refractivity contribution in [1.82, 2.24) is 15.2 Å². The van der Waals surface area contributed by atoms with Crippen LogP contribution in [0.2, 0.25) is 5.02 Å². The maximum atomic E-state index is 6.24. The van der Waals surface area contributed by atoms with E-state index >= 15 is 0 Å². The molecule has 0 aliphatic rings. The highest BCUT2D eigenvalue weighted by Gasteiger charge is 2.12. The van der Waals surface area contributed by atoms with Crippen LogP contribution in [0.5, 0.6) is 5.75 Å². The fourth-order valence-corrected chi connectivity index (χ4v) is 4.29. The molecule has 4 rings (SSSR count). The lowest BCUT2D eigenvalue weighted by atomic mass is 10.2. The van der Waals surface area contributed by atoms with Crippen LogP contribution in [0.15, 0.2) is 63.6 Å². The molecule has 2 aromatic heterocycles. The number of hydrogen-bond acceptors (Lipinski definition) is 7. The summed E-state index contributed by atoms with van der Waals surface area (Å²) in [6.07, 6.45) is 0. The van der Waals surface area contributed by atoms with Gasteiger partial charge in [-0.25, -0.2) is 4.98 Å². The first-order chi connectivity index (χ1) is 13.2. The third kappa shape index (κ3) is 4.16. The number of thiazole rings is 1. The summed E-state index contributed by atoms with van der Waals surface area (Å²) in [5, 5.41) is 12.3. The maximum absolute atomic E-state index is 6.24. The largest absolute Gasteiger partial charge is 0.497 e. The van der Waals surface area contributed by atoms with Gasteiger partial charge in [-0.3, -0.25) is 0 Å². The number of benzene rings is 2. The average Bonchev–Trinajstić information content (AvgIpc) is 3.36. The first kappa shape index (κ1) is 18.0. The van der Waals surface area contributed by atoms with Crippen LogP contribution in [-0.2, 0) is 5.75 Å². The summed E-state index contributed by atoms with van der Waals surface area (Å²) in [4.78, 5) is 4.65. The molecular formula is C19H14ClN3O2S2. The second-order valence-corrected chi connectivity index (χ2v) is 7.71. The molecule has 8 heteroatoms. The predicted molar refractivity (Wildman–Crippen MR) is 108 cm³/mol. The molecule has 0 aliphatic heterocycles. The van der Waals surface area contributed by atoms with Crippen LogP contribution in [-0.4, -0.2) is 22.3 Å². The number of halogens is 1. The molecule has 5 nitrogen and oxygen atoms in total. The fraction of sp³-hybridized carbons (Fsp3) is 0.105. The molecule has 0 fully saturated rings.